The molecule has 0 radical (unpaired) electrons. The molecule has 0 bridgehead atoms. The molecule has 3 aromatic rings. The third-order valence-corrected chi connectivity index (χ3v) is 5.05. The number of carbonyl (C=O) groups excluding carboxylic acids is 1. The molecule has 1 aliphatic heterocycles. The van der Waals surface area contributed by atoms with Gasteiger partial charge in [-0.2, -0.15) is 0 Å². The molecule has 0 spiro atoms. The molecule has 3 nitrogen and oxygen atoms in total. The standard InChI is InChI=1S/C23H22O3/c1-2-3-16-23(18-12-5-4-6-13-18)22(24)25-21(26-23)20-15-9-11-17-10-7-8-14-19(17)20/h4-15,21H,2-3,16H2,1H3/t21-,23+/m1/s1. The van der Waals surface area contributed by atoms with Crippen molar-refractivity contribution in [1.29, 1.82) is 0 Å². The number of hydrogen-bond acceptors (Lipinski definition) is 3. The number of ether oxygens (including phenoxy) is 2. The molecule has 0 aliphatic carbocycles. The number of cyclic esters (lactones) is 1. The van der Waals surface area contributed by atoms with Crippen molar-refractivity contribution >= 4 is 16.7 Å². The third-order valence-electron chi connectivity index (χ3n) is 5.05. The van der Waals surface area contributed by atoms with Crippen molar-refractivity contribution < 1.29 is 14.3 Å². The van der Waals surface area contributed by atoms with E-state index in [-0.39, 0.29) is 5.97 Å². The highest BCUT2D eigenvalue weighted by molar-refractivity contribution is 5.87. The second-order valence-electron chi connectivity index (χ2n) is 6.72. The average molecular weight is 346 g/mol. The van der Waals surface area contributed by atoms with E-state index in [1.54, 1.807) is 0 Å². The van der Waals surface area contributed by atoms with Crippen LogP contribution in [0.5, 0.6) is 0 Å². The van der Waals surface area contributed by atoms with Crippen LogP contribution in [0.15, 0.2) is 72.8 Å². The molecular formula is C23H22O3. The van der Waals surface area contributed by atoms with E-state index >= 15 is 0 Å². The summed E-state index contributed by atoms with van der Waals surface area (Å²) in [4.78, 5) is 13.0. The first-order valence-corrected chi connectivity index (χ1v) is 9.17. The molecule has 0 amide bonds. The Morgan fingerprint density at radius 3 is 2.46 bits per heavy atom. The van der Waals surface area contributed by atoms with E-state index in [0.29, 0.717) is 6.42 Å². The molecule has 0 saturated carbocycles. The topological polar surface area (TPSA) is 35.5 Å². The van der Waals surface area contributed by atoms with Gasteiger partial charge in [0, 0.05) is 5.56 Å². The number of unbranched alkanes of at least 4 members (excludes halogenated alkanes) is 1. The first-order chi connectivity index (χ1) is 12.7. The molecule has 3 heteroatoms. The number of fused-ring (bicyclic) bond motifs is 1. The number of hydrogen-bond donors (Lipinski definition) is 0. The van der Waals surface area contributed by atoms with Crippen LogP contribution in [-0.2, 0) is 19.9 Å². The maximum Gasteiger partial charge on any atom is 0.345 e. The Balaban J connectivity index is 1.76. The van der Waals surface area contributed by atoms with Gasteiger partial charge in [0.1, 0.15) is 0 Å². The van der Waals surface area contributed by atoms with E-state index in [1.165, 1.54) is 0 Å². The maximum absolute atomic E-state index is 13.0. The van der Waals surface area contributed by atoms with Crippen molar-refractivity contribution in [3.05, 3.63) is 83.9 Å². The summed E-state index contributed by atoms with van der Waals surface area (Å²) < 4.78 is 12.1. The summed E-state index contributed by atoms with van der Waals surface area (Å²) in [6, 6.07) is 23.8. The fraction of sp³-hybridized carbons (Fsp3) is 0.261. The highest BCUT2D eigenvalue weighted by Crippen LogP contribution is 2.45. The summed E-state index contributed by atoms with van der Waals surface area (Å²) in [5.41, 5.74) is 0.728. The van der Waals surface area contributed by atoms with E-state index in [4.69, 9.17) is 9.47 Å². The van der Waals surface area contributed by atoms with Crippen LogP contribution in [0.3, 0.4) is 0 Å². The Hall–Kier alpha value is -2.65. The Bertz CT molecular complexity index is 914. The summed E-state index contributed by atoms with van der Waals surface area (Å²) in [6.07, 6.45) is 1.81. The minimum atomic E-state index is -1.03. The smallest absolute Gasteiger partial charge is 0.345 e. The van der Waals surface area contributed by atoms with Crippen LogP contribution in [0.2, 0.25) is 0 Å². The van der Waals surface area contributed by atoms with Gasteiger partial charge in [0.05, 0.1) is 0 Å². The molecule has 0 unspecified atom stereocenters. The van der Waals surface area contributed by atoms with E-state index in [1.807, 2.05) is 60.7 Å². The fourth-order valence-corrected chi connectivity index (χ4v) is 3.65. The molecular weight excluding hydrogens is 324 g/mol. The summed E-state index contributed by atoms with van der Waals surface area (Å²) in [5.74, 6) is -0.296. The largest absolute Gasteiger partial charge is 0.429 e. The summed E-state index contributed by atoms with van der Waals surface area (Å²) in [6.45, 7) is 2.11. The molecule has 3 aromatic carbocycles. The lowest BCUT2D eigenvalue weighted by atomic mass is 9.88. The SMILES string of the molecule is CCCC[C@@]1(c2ccccc2)O[C@H](c2cccc3ccccc23)OC1=O. The molecule has 1 saturated heterocycles. The zero-order valence-electron chi connectivity index (χ0n) is 14.9. The summed E-state index contributed by atoms with van der Waals surface area (Å²) >= 11 is 0. The number of benzene rings is 3. The second kappa shape index (κ2) is 6.93. The predicted molar refractivity (Wildman–Crippen MR) is 102 cm³/mol. The fourth-order valence-electron chi connectivity index (χ4n) is 3.65. The molecule has 1 aliphatic rings. The van der Waals surface area contributed by atoms with Gasteiger partial charge in [-0.25, -0.2) is 4.79 Å². The lowest BCUT2D eigenvalue weighted by Crippen LogP contribution is -2.33. The van der Waals surface area contributed by atoms with Gasteiger partial charge in [0.25, 0.3) is 0 Å². The van der Waals surface area contributed by atoms with E-state index in [2.05, 4.69) is 19.1 Å². The quantitative estimate of drug-likeness (QED) is 0.572. The second-order valence-corrected chi connectivity index (χ2v) is 6.72. The van der Waals surface area contributed by atoms with Gasteiger partial charge < -0.3 is 9.47 Å². The van der Waals surface area contributed by atoms with E-state index < -0.39 is 11.9 Å². The van der Waals surface area contributed by atoms with E-state index in [0.717, 1.165) is 34.7 Å². The van der Waals surface area contributed by atoms with Crippen LogP contribution in [0.4, 0.5) is 0 Å². The molecule has 4 rings (SSSR count). The third kappa shape index (κ3) is 2.78. The molecule has 1 fully saturated rings. The van der Waals surface area contributed by atoms with Gasteiger partial charge in [-0.05, 0) is 29.2 Å². The zero-order chi connectivity index (χ0) is 18.0. The Morgan fingerprint density at radius 2 is 1.65 bits per heavy atom. The van der Waals surface area contributed by atoms with Gasteiger partial charge in [-0.1, -0.05) is 86.1 Å². The monoisotopic (exact) mass is 346 g/mol. The van der Waals surface area contributed by atoms with Crippen LogP contribution >= 0.6 is 0 Å². The predicted octanol–water partition coefficient (Wildman–Crippen LogP) is 5.50. The molecule has 26 heavy (non-hydrogen) atoms. The van der Waals surface area contributed by atoms with Crippen LogP contribution in [0.25, 0.3) is 10.8 Å². The molecule has 0 aromatic heterocycles. The lowest BCUT2D eigenvalue weighted by Gasteiger charge is -2.25. The summed E-state index contributed by atoms with van der Waals surface area (Å²) in [7, 11) is 0. The summed E-state index contributed by atoms with van der Waals surface area (Å²) in [5, 5.41) is 2.16. The highest BCUT2D eigenvalue weighted by Gasteiger charge is 2.51. The molecule has 1 heterocycles. The molecule has 0 N–H and O–H groups in total. The Kier molecular flexibility index (Phi) is 4.48. The number of carbonyl (C=O) groups is 1. The molecule has 132 valence electrons. The first-order valence-electron chi connectivity index (χ1n) is 9.17. The maximum atomic E-state index is 13.0. The van der Waals surface area contributed by atoms with Crippen molar-refractivity contribution in [2.75, 3.05) is 0 Å². The Morgan fingerprint density at radius 1 is 0.923 bits per heavy atom. The van der Waals surface area contributed by atoms with Crippen molar-refractivity contribution in [3.63, 3.8) is 0 Å². The van der Waals surface area contributed by atoms with Gasteiger partial charge >= 0.3 is 5.97 Å². The average Bonchev–Trinajstić information content (AvgIpc) is 3.04. The Labute approximate surface area is 153 Å². The van der Waals surface area contributed by atoms with Crippen LogP contribution in [-0.4, -0.2) is 5.97 Å². The first kappa shape index (κ1) is 16.8. The highest BCUT2D eigenvalue weighted by atomic mass is 16.8. The van der Waals surface area contributed by atoms with Gasteiger partial charge in [0.2, 0.25) is 6.29 Å². The van der Waals surface area contributed by atoms with E-state index in [9.17, 15) is 4.79 Å². The van der Waals surface area contributed by atoms with Crippen molar-refractivity contribution in [2.24, 2.45) is 0 Å². The number of esters is 1. The van der Waals surface area contributed by atoms with Crippen LogP contribution < -0.4 is 0 Å². The van der Waals surface area contributed by atoms with Gasteiger partial charge in [0.15, 0.2) is 5.60 Å². The van der Waals surface area contributed by atoms with Gasteiger partial charge in [-0.3, -0.25) is 0 Å². The lowest BCUT2D eigenvalue weighted by molar-refractivity contribution is -0.146. The molecule has 2 atom stereocenters. The number of rotatable bonds is 5. The van der Waals surface area contributed by atoms with Crippen molar-refractivity contribution in [3.8, 4) is 0 Å². The van der Waals surface area contributed by atoms with Crippen LogP contribution in [0, 0.1) is 0 Å². The van der Waals surface area contributed by atoms with Crippen molar-refractivity contribution in [1.82, 2.24) is 0 Å². The normalized spacial score (nSPS) is 22.5. The minimum absolute atomic E-state index is 0.296. The van der Waals surface area contributed by atoms with Crippen LogP contribution in [0.1, 0.15) is 43.6 Å². The van der Waals surface area contributed by atoms with Gasteiger partial charge in [-0.15, -0.1) is 0 Å². The minimum Gasteiger partial charge on any atom is -0.429 e. The zero-order valence-corrected chi connectivity index (χ0v) is 14.9. The van der Waals surface area contributed by atoms with Crippen molar-refractivity contribution in [2.45, 2.75) is 38.1 Å².